The minimum atomic E-state index is -3.07. The summed E-state index contributed by atoms with van der Waals surface area (Å²) in [5.41, 5.74) is 0. The van der Waals surface area contributed by atoms with Crippen molar-refractivity contribution in [2.75, 3.05) is 6.54 Å². The number of aliphatic hydroxyl groups excluding tert-OH is 1. The van der Waals surface area contributed by atoms with E-state index in [9.17, 15) is 23.7 Å². The van der Waals surface area contributed by atoms with Crippen LogP contribution in [0.1, 0.15) is 12.7 Å². The van der Waals surface area contributed by atoms with Crippen LogP contribution in [-0.4, -0.2) is 38.0 Å². The Labute approximate surface area is 106 Å². The molecule has 1 heterocycles. The molecule has 2 N–H and O–H groups in total. The summed E-state index contributed by atoms with van der Waals surface area (Å²) in [7, 11) is 0. The number of halogens is 2. The third kappa shape index (κ3) is 4.25. The quantitative estimate of drug-likeness (QED) is 0.564. The molecule has 1 aromatic rings. The van der Waals surface area contributed by atoms with Gasteiger partial charge < -0.3 is 20.5 Å². The predicted molar refractivity (Wildman–Crippen MR) is 58.4 cm³/mol. The van der Waals surface area contributed by atoms with E-state index in [1.54, 1.807) is 0 Å². The number of nitrogens with one attached hydrogen (secondary N) is 1. The Morgan fingerprint density at radius 2 is 2.32 bits per heavy atom. The first-order valence-corrected chi connectivity index (χ1v) is 5.19. The minimum Gasteiger partial charge on any atom is -0.386 e. The summed E-state index contributed by atoms with van der Waals surface area (Å²) in [5, 5.41) is 21.5. The molecule has 0 fully saturated rings. The topological polar surface area (TPSA) is 110 Å². The zero-order chi connectivity index (χ0) is 14.6. The Bertz CT molecular complexity index is 483. The number of aromatic nitrogens is 2. The van der Waals surface area contributed by atoms with Crippen molar-refractivity contribution in [2.24, 2.45) is 0 Å². The van der Waals surface area contributed by atoms with Crippen LogP contribution in [0.15, 0.2) is 6.20 Å². The van der Waals surface area contributed by atoms with E-state index in [-0.39, 0.29) is 5.82 Å². The van der Waals surface area contributed by atoms with E-state index in [0.29, 0.717) is 6.92 Å². The summed E-state index contributed by atoms with van der Waals surface area (Å²) in [6.07, 6.45) is 0.882. The molecule has 19 heavy (non-hydrogen) atoms. The van der Waals surface area contributed by atoms with Crippen LogP contribution in [0.4, 0.5) is 14.6 Å². The number of imidazole rings is 1. The fourth-order valence-corrected chi connectivity index (χ4v) is 1.30. The second kappa shape index (κ2) is 5.69. The van der Waals surface area contributed by atoms with E-state index in [1.807, 2.05) is 5.32 Å². The van der Waals surface area contributed by atoms with Crippen molar-refractivity contribution in [1.29, 1.82) is 0 Å². The van der Waals surface area contributed by atoms with Gasteiger partial charge in [0.05, 0.1) is 6.54 Å². The third-order valence-corrected chi connectivity index (χ3v) is 2.14. The molecule has 0 aliphatic rings. The maximum Gasteiger partial charge on any atom is 0.343 e. The first-order chi connectivity index (χ1) is 8.74. The highest BCUT2D eigenvalue weighted by molar-refractivity contribution is 5.76. The highest BCUT2D eigenvalue weighted by Gasteiger charge is 2.25. The molecule has 0 unspecified atom stereocenters. The molecule has 1 amide bonds. The molecule has 10 heteroatoms. The Morgan fingerprint density at radius 3 is 2.79 bits per heavy atom. The molecule has 0 saturated heterocycles. The van der Waals surface area contributed by atoms with Crippen LogP contribution in [0.25, 0.3) is 0 Å². The van der Waals surface area contributed by atoms with Crippen molar-refractivity contribution in [3.05, 3.63) is 22.1 Å². The van der Waals surface area contributed by atoms with Gasteiger partial charge >= 0.3 is 5.82 Å². The number of alkyl halides is 2. The molecule has 1 rings (SSSR count). The lowest BCUT2D eigenvalue weighted by Gasteiger charge is -2.11. The molecule has 0 atom stereocenters. The number of hydrogen-bond donors (Lipinski definition) is 2. The number of aliphatic hydroxyl groups is 1. The standard InChI is InChI=1S/C9H12F2N4O4/c1-9(10,11)5-13-7(17)3-14-6(4-16)12-2-8(14)15(18)19/h2,16H,3-5H2,1H3,(H,13,17). The average Bonchev–Trinajstić information content (AvgIpc) is 2.68. The average molecular weight is 278 g/mol. The Morgan fingerprint density at radius 1 is 1.68 bits per heavy atom. The van der Waals surface area contributed by atoms with E-state index >= 15 is 0 Å². The predicted octanol–water partition coefficient (Wildman–Crippen LogP) is 0.0550. The number of carbonyl (C=O) groups is 1. The van der Waals surface area contributed by atoms with Gasteiger partial charge in [-0.05, 0) is 4.92 Å². The maximum absolute atomic E-state index is 12.5. The normalized spacial score (nSPS) is 11.4. The van der Waals surface area contributed by atoms with Gasteiger partial charge in [-0.15, -0.1) is 0 Å². The van der Waals surface area contributed by atoms with Crippen molar-refractivity contribution in [2.45, 2.75) is 26.0 Å². The summed E-state index contributed by atoms with van der Waals surface area (Å²) in [4.78, 5) is 24.8. The van der Waals surface area contributed by atoms with E-state index in [1.165, 1.54) is 0 Å². The molecular formula is C9H12F2N4O4. The van der Waals surface area contributed by atoms with Gasteiger partial charge in [-0.2, -0.15) is 4.57 Å². The summed E-state index contributed by atoms with van der Waals surface area (Å²) >= 11 is 0. The molecule has 0 saturated carbocycles. The molecule has 8 nitrogen and oxygen atoms in total. The number of hydrogen-bond acceptors (Lipinski definition) is 5. The van der Waals surface area contributed by atoms with Crippen molar-refractivity contribution in [3.8, 4) is 0 Å². The van der Waals surface area contributed by atoms with E-state index < -0.39 is 42.3 Å². The minimum absolute atomic E-state index is 0.0925. The second-order valence-corrected chi connectivity index (χ2v) is 3.88. The highest BCUT2D eigenvalue weighted by Crippen LogP contribution is 2.14. The van der Waals surface area contributed by atoms with Gasteiger partial charge in [0, 0.05) is 6.92 Å². The lowest BCUT2D eigenvalue weighted by atomic mass is 10.4. The molecule has 0 aromatic carbocycles. The van der Waals surface area contributed by atoms with Crippen molar-refractivity contribution in [3.63, 3.8) is 0 Å². The van der Waals surface area contributed by atoms with Crippen LogP contribution < -0.4 is 5.32 Å². The van der Waals surface area contributed by atoms with E-state index in [0.717, 1.165) is 10.8 Å². The van der Waals surface area contributed by atoms with Crippen LogP contribution in [0.2, 0.25) is 0 Å². The van der Waals surface area contributed by atoms with Crippen molar-refractivity contribution in [1.82, 2.24) is 14.9 Å². The van der Waals surface area contributed by atoms with Gasteiger partial charge in [-0.25, -0.2) is 13.8 Å². The summed E-state index contributed by atoms with van der Waals surface area (Å²) in [6.45, 7) is -1.41. The van der Waals surface area contributed by atoms with Crippen LogP contribution in [0.5, 0.6) is 0 Å². The largest absolute Gasteiger partial charge is 0.386 e. The monoisotopic (exact) mass is 278 g/mol. The molecule has 1 aromatic heterocycles. The molecular weight excluding hydrogens is 266 g/mol. The van der Waals surface area contributed by atoms with Crippen molar-refractivity contribution < 1.29 is 23.6 Å². The second-order valence-electron chi connectivity index (χ2n) is 3.88. The SMILES string of the molecule is CC(F)(F)CNC(=O)Cn1c([N+](=O)[O-])cnc1CO. The summed E-state index contributed by atoms with van der Waals surface area (Å²) in [5.74, 6) is -4.50. The fraction of sp³-hybridized carbons (Fsp3) is 0.556. The van der Waals surface area contributed by atoms with Gasteiger partial charge in [0.15, 0.2) is 6.54 Å². The number of nitro groups is 1. The Kier molecular flexibility index (Phi) is 4.48. The highest BCUT2D eigenvalue weighted by atomic mass is 19.3. The Hall–Kier alpha value is -2.10. The van der Waals surface area contributed by atoms with Crippen LogP contribution in [-0.2, 0) is 17.9 Å². The molecule has 106 valence electrons. The van der Waals surface area contributed by atoms with Gasteiger partial charge in [-0.1, -0.05) is 0 Å². The van der Waals surface area contributed by atoms with E-state index in [2.05, 4.69) is 4.98 Å². The van der Waals surface area contributed by atoms with Crippen LogP contribution in [0.3, 0.4) is 0 Å². The zero-order valence-electron chi connectivity index (χ0n) is 9.97. The third-order valence-electron chi connectivity index (χ3n) is 2.14. The Balaban J connectivity index is 2.78. The summed E-state index contributed by atoms with van der Waals surface area (Å²) < 4.78 is 25.9. The molecule has 0 bridgehead atoms. The zero-order valence-corrected chi connectivity index (χ0v) is 9.97. The number of amides is 1. The smallest absolute Gasteiger partial charge is 0.343 e. The van der Waals surface area contributed by atoms with Crippen molar-refractivity contribution >= 4 is 11.7 Å². The maximum atomic E-state index is 12.5. The van der Waals surface area contributed by atoms with Crippen LogP contribution in [0, 0.1) is 10.1 Å². The molecule has 0 aliphatic carbocycles. The van der Waals surface area contributed by atoms with Gasteiger partial charge in [-0.3, -0.25) is 4.79 Å². The number of rotatable bonds is 6. The molecule has 0 aliphatic heterocycles. The first-order valence-electron chi connectivity index (χ1n) is 5.19. The van der Waals surface area contributed by atoms with Gasteiger partial charge in [0.25, 0.3) is 11.8 Å². The molecule has 0 radical (unpaired) electrons. The van der Waals surface area contributed by atoms with Gasteiger partial charge in [0.1, 0.15) is 12.8 Å². The van der Waals surface area contributed by atoms with Crippen LogP contribution >= 0.6 is 0 Å². The van der Waals surface area contributed by atoms with E-state index in [4.69, 9.17) is 5.11 Å². The lowest BCUT2D eigenvalue weighted by Crippen LogP contribution is -2.36. The summed E-state index contributed by atoms with van der Waals surface area (Å²) in [6, 6.07) is 0. The first kappa shape index (κ1) is 15.0. The lowest BCUT2D eigenvalue weighted by molar-refractivity contribution is -0.392. The van der Waals surface area contributed by atoms with Gasteiger partial charge in [0.2, 0.25) is 5.82 Å². The number of carbonyl (C=O) groups excluding carboxylic acids is 1. The molecule has 0 spiro atoms. The number of nitrogens with zero attached hydrogens (tertiary/aromatic N) is 3. The fourth-order valence-electron chi connectivity index (χ4n) is 1.30.